The van der Waals surface area contributed by atoms with Crippen LogP contribution in [0.2, 0.25) is 0 Å². The van der Waals surface area contributed by atoms with E-state index in [1.807, 2.05) is 18.2 Å². The molecule has 1 aromatic carbocycles. The molecule has 0 radical (unpaired) electrons. The Morgan fingerprint density at radius 1 is 1.50 bits per heavy atom. The number of aromatic nitrogens is 2. The quantitative estimate of drug-likeness (QED) is 0.629. The molecular weight excluding hydrogens is 154 g/mol. The summed E-state index contributed by atoms with van der Waals surface area (Å²) in [5, 5.41) is 4.97. The number of rotatable bonds is 1. The summed E-state index contributed by atoms with van der Waals surface area (Å²) in [6.45, 7) is 0. The Morgan fingerprint density at radius 3 is 3.08 bits per heavy atom. The third-order valence-corrected chi connectivity index (χ3v) is 1.76. The van der Waals surface area contributed by atoms with Crippen molar-refractivity contribution < 1.29 is 4.84 Å². The number of nitrogen functional groups attached to an aromatic ring is 1. The third kappa shape index (κ3) is 0.812. The topological polar surface area (TPSA) is 53.1 Å². The summed E-state index contributed by atoms with van der Waals surface area (Å²) in [4.78, 5) is 6.38. The van der Waals surface area contributed by atoms with E-state index in [0.717, 1.165) is 10.9 Å². The van der Waals surface area contributed by atoms with Crippen molar-refractivity contribution in [2.75, 3.05) is 12.8 Å². The summed E-state index contributed by atoms with van der Waals surface area (Å²) < 4.78 is 0. The summed E-state index contributed by atoms with van der Waals surface area (Å²) in [7, 11) is 1.55. The van der Waals surface area contributed by atoms with Crippen LogP contribution in [-0.2, 0) is 0 Å². The second kappa shape index (κ2) is 2.41. The van der Waals surface area contributed by atoms with Gasteiger partial charge in [-0.05, 0) is 6.07 Å². The fourth-order valence-electron chi connectivity index (χ4n) is 1.22. The van der Waals surface area contributed by atoms with Gasteiger partial charge in [0.05, 0.1) is 11.9 Å². The van der Waals surface area contributed by atoms with Gasteiger partial charge in [-0.15, -0.1) is 5.10 Å². The number of nitrogens with zero attached hydrogens (tertiary/aromatic N) is 2. The monoisotopic (exact) mass is 163 g/mol. The van der Waals surface area contributed by atoms with Crippen molar-refractivity contribution in [2.45, 2.75) is 0 Å². The van der Waals surface area contributed by atoms with Crippen molar-refractivity contribution in [2.24, 2.45) is 0 Å². The summed E-state index contributed by atoms with van der Waals surface area (Å²) in [6.07, 6.45) is 1.72. The molecule has 0 unspecified atom stereocenters. The highest BCUT2D eigenvalue weighted by Gasteiger charge is 2.04. The number of hydrogen-bond acceptors (Lipinski definition) is 3. The van der Waals surface area contributed by atoms with Gasteiger partial charge in [-0.1, -0.05) is 17.0 Å². The van der Waals surface area contributed by atoms with Crippen LogP contribution in [0.5, 0.6) is 0 Å². The molecule has 0 amide bonds. The second-order valence-corrected chi connectivity index (χ2v) is 2.49. The molecule has 0 saturated carbocycles. The molecule has 4 heteroatoms. The van der Waals surface area contributed by atoms with Crippen molar-refractivity contribution in [1.82, 2.24) is 9.94 Å². The van der Waals surface area contributed by atoms with Gasteiger partial charge in [-0.3, -0.25) is 0 Å². The van der Waals surface area contributed by atoms with Gasteiger partial charge < -0.3 is 10.6 Å². The Bertz CT molecular complexity index is 408. The second-order valence-electron chi connectivity index (χ2n) is 2.49. The van der Waals surface area contributed by atoms with Crippen LogP contribution in [0.15, 0.2) is 24.4 Å². The molecule has 1 heterocycles. The first-order valence-corrected chi connectivity index (χ1v) is 3.59. The van der Waals surface area contributed by atoms with Gasteiger partial charge in [-0.25, -0.2) is 0 Å². The minimum atomic E-state index is 0.673. The Balaban J connectivity index is 2.83. The van der Waals surface area contributed by atoms with E-state index < -0.39 is 0 Å². The van der Waals surface area contributed by atoms with Crippen molar-refractivity contribution in [3.05, 3.63) is 24.4 Å². The van der Waals surface area contributed by atoms with Crippen LogP contribution in [0.25, 0.3) is 10.9 Å². The molecule has 1 aromatic heterocycles. The molecule has 0 spiro atoms. The fraction of sp³-hybridized carbons (Fsp3) is 0.125. The predicted molar refractivity (Wildman–Crippen MR) is 46.6 cm³/mol. The molecule has 2 rings (SSSR count). The van der Waals surface area contributed by atoms with Gasteiger partial charge in [0.15, 0.2) is 0 Å². The molecule has 0 aliphatic carbocycles. The van der Waals surface area contributed by atoms with Crippen molar-refractivity contribution in [1.29, 1.82) is 0 Å². The lowest BCUT2D eigenvalue weighted by molar-refractivity contribution is 0.145. The maximum absolute atomic E-state index is 5.74. The zero-order chi connectivity index (χ0) is 8.55. The van der Waals surface area contributed by atoms with E-state index in [1.54, 1.807) is 13.3 Å². The lowest BCUT2D eigenvalue weighted by Gasteiger charge is -2.01. The molecule has 0 aliphatic heterocycles. The van der Waals surface area contributed by atoms with E-state index in [9.17, 15) is 0 Å². The normalized spacial score (nSPS) is 10.4. The average molecular weight is 163 g/mol. The van der Waals surface area contributed by atoms with E-state index >= 15 is 0 Å². The van der Waals surface area contributed by atoms with E-state index in [0.29, 0.717) is 5.69 Å². The standard InChI is InChI=1S/C8H9N3O/c1-12-11-8-6(5-10-11)3-2-4-7(8)9/h2-5H,9H2,1H3. The van der Waals surface area contributed by atoms with Gasteiger partial charge in [0, 0.05) is 5.39 Å². The van der Waals surface area contributed by atoms with Crippen LogP contribution in [0, 0.1) is 0 Å². The smallest absolute Gasteiger partial charge is 0.133 e. The maximum atomic E-state index is 5.74. The molecule has 0 atom stereocenters. The predicted octanol–water partition coefficient (Wildman–Crippen LogP) is 0.677. The highest BCUT2D eigenvalue weighted by atomic mass is 16.7. The summed E-state index contributed by atoms with van der Waals surface area (Å²) in [5.41, 5.74) is 7.23. The minimum absolute atomic E-state index is 0.673. The third-order valence-electron chi connectivity index (χ3n) is 1.76. The lowest BCUT2D eigenvalue weighted by atomic mass is 10.2. The van der Waals surface area contributed by atoms with Crippen LogP contribution >= 0.6 is 0 Å². The number of hydrogen-bond donors (Lipinski definition) is 1. The van der Waals surface area contributed by atoms with Gasteiger partial charge in [0.25, 0.3) is 0 Å². The highest BCUT2D eigenvalue weighted by Crippen LogP contribution is 2.18. The van der Waals surface area contributed by atoms with Crippen LogP contribution < -0.4 is 10.6 Å². The zero-order valence-electron chi connectivity index (χ0n) is 6.69. The summed E-state index contributed by atoms with van der Waals surface area (Å²) in [6, 6.07) is 5.65. The first kappa shape index (κ1) is 6.97. The molecular formula is C8H9N3O. The van der Waals surface area contributed by atoms with Crippen molar-refractivity contribution in [3.63, 3.8) is 0 Å². The Hall–Kier alpha value is -1.71. The van der Waals surface area contributed by atoms with Gasteiger partial charge in [-0.2, -0.15) is 0 Å². The highest BCUT2D eigenvalue weighted by molar-refractivity contribution is 5.89. The first-order chi connectivity index (χ1) is 5.83. The number of nitrogens with two attached hydrogens (primary N) is 1. The first-order valence-electron chi connectivity index (χ1n) is 3.59. The number of benzene rings is 1. The van der Waals surface area contributed by atoms with E-state index in [-0.39, 0.29) is 0 Å². The molecule has 2 N–H and O–H groups in total. The number of anilines is 1. The Kier molecular flexibility index (Phi) is 1.40. The van der Waals surface area contributed by atoms with E-state index in [2.05, 4.69) is 5.10 Å². The van der Waals surface area contributed by atoms with Crippen LogP contribution in [0.1, 0.15) is 0 Å². The van der Waals surface area contributed by atoms with E-state index in [1.165, 1.54) is 4.85 Å². The van der Waals surface area contributed by atoms with Crippen molar-refractivity contribution in [3.8, 4) is 0 Å². The molecule has 0 aliphatic rings. The molecule has 62 valence electrons. The van der Waals surface area contributed by atoms with Gasteiger partial charge >= 0.3 is 0 Å². The summed E-state index contributed by atoms with van der Waals surface area (Å²) in [5.74, 6) is 0. The van der Waals surface area contributed by atoms with Crippen LogP contribution in [-0.4, -0.2) is 17.1 Å². The fourth-order valence-corrected chi connectivity index (χ4v) is 1.22. The SMILES string of the molecule is COn1ncc2cccc(N)c21. The lowest BCUT2D eigenvalue weighted by Crippen LogP contribution is -2.07. The van der Waals surface area contributed by atoms with Crippen LogP contribution in [0.3, 0.4) is 0 Å². The molecule has 0 saturated heterocycles. The minimum Gasteiger partial charge on any atom is -0.399 e. The van der Waals surface area contributed by atoms with Crippen LogP contribution in [0.4, 0.5) is 5.69 Å². The molecule has 2 aromatic rings. The zero-order valence-corrected chi connectivity index (χ0v) is 6.69. The molecule has 0 fully saturated rings. The molecule has 4 nitrogen and oxygen atoms in total. The van der Waals surface area contributed by atoms with Gasteiger partial charge in [0.1, 0.15) is 12.6 Å². The number of para-hydroxylation sites is 1. The van der Waals surface area contributed by atoms with Gasteiger partial charge in [0.2, 0.25) is 0 Å². The largest absolute Gasteiger partial charge is 0.399 e. The Morgan fingerprint density at radius 2 is 2.33 bits per heavy atom. The number of fused-ring (bicyclic) bond motifs is 1. The summed E-state index contributed by atoms with van der Waals surface area (Å²) >= 11 is 0. The maximum Gasteiger partial charge on any atom is 0.133 e. The van der Waals surface area contributed by atoms with Crippen molar-refractivity contribution >= 4 is 16.6 Å². The molecule has 12 heavy (non-hydrogen) atoms. The van der Waals surface area contributed by atoms with E-state index in [4.69, 9.17) is 10.6 Å². The Labute approximate surface area is 69.5 Å². The average Bonchev–Trinajstić information content (AvgIpc) is 2.49. The molecule has 0 bridgehead atoms.